The van der Waals surface area contributed by atoms with Gasteiger partial charge in [-0.1, -0.05) is 0 Å². The molecule has 1 N–H and O–H groups in total. The summed E-state index contributed by atoms with van der Waals surface area (Å²) in [5.74, 6) is 1.53. The molecule has 0 amide bonds. The molecular formula is C12H18N2O. The van der Waals surface area contributed by atoms with Crippen LogP contribution in [0.25, 0.3) is 0 Å². The molecule has 0 bridgehead atoms. The number of rotatable bonds is 4. The minimum absolute atomic E-state index is 0.682. The summed E-state index contributed by atoms with van der Waals surface area (Å²) in [7, 11) is 0. The zero-order chi connectivity index (χ0) is 10.5. The predicted octanol–water partition coefficient (Wildman–Crippen LogP) is 1.63. The normalized spacial score (nSPS) is 20.5. The second kappa shape index (κ2) is 5.12. The number of ether oxygens (including phenoxy) is 1. The van der Waals surface area contributed by atoms with E-state index in [9.17, 15) is 0 Å². The zero-order valence-electron chi connectivity index (χ0n) is 9.20. The Bertz CT molecular complexity index is 308. The van der Waals surface area contributed by atoms with Gasteiger partial charge >= 0.3 is 0 Å². The van der Waals surface area contributed by atoms with Crippen molar-refractivity contribution < 1.29 is 4.74 Å². The Morgan fingerprint density at radius 1 is 1.60 bits per heavy atom. The third-order valence-electron chi connectivity index (χ3n) is 2.78. The molecule has 1 aromatic heterocycles. The van der Waals surface area contributed by atoms with Crippen molar-refractivity contribution in [1.29, 1.82) is 0 Å². The summed E-state index contributed by atoms with van der Waals surface area (Å²) in [5.41, 5.74) is 1.34. The van der Waals surface area contributed by atoms with E-state index >= 15 is 0 Å². The molecule has 0 aromatic carbocycles. The molecule has 1 aliphatic heterocycles. The van der Waals surface area contributed by atoms with Crippen molar-refractivity contribution in [2.45, 2.75) is 19.8 Å². The molecule has 0 aliphatic carbocycles. The molecule has 1 aromatic rings. The summed E-state index contributed by atoms with van der Waals surface area (Å²) in [6, 6.07) is 4.14. The number of nitrogens with zero attached hydrogens (tertiary/aromatic N) is 1. The maximum Gasteiger partial charge on any atom is 0.213 e. The summed E-state index contributed by atoms with van der Waals surface area (Å²) >= 11 is 0. The maximum atomic E-state index is 5.38. The van der Waals surface area contributed by atoms with E-state index in [0.29, 0.717) is 6.61 Å². The lowest BCUT2D eigenvalue weighted by Crippen LogP contribution is -2.10. The highest BCUT2D eigenvalue weighted by molar-refractivity contribution is 5.21. The fraction of sp³-hybridized carbons (Fsp3) is 0.583. The molecule has 1 fully saturated rings. The third kappa shape index (κ3) is 2.93. The Labute approximate surface area is 90.9 Å². The van der Waals surface area contributed by atoms with Crippen molar-refractivity contribution in [3.8, 4) is 5.88 Å². The monoisotopic (exact) mass is 206 g/mol. The van der Waals surface area contributed by atoms with Crippen LogP contribution in [0.15, 0.2) is 18.3 Å². The van der Waals surface area contributed by atoms with E-state index in [2.05, 4.69) is 22.4 Å². The van der Waals surface area contributed by atoms with Crippen LogP contribution >= 0.6 is 0 Å². The van der Waals surface area contributed by atoms with Gasteiger partial charge in [-0.05, 0) is 50.4 Å². The van der Waals surface area contributed by atoms with Gasteiger partial charge in [0, 0.05) is 12.3 Å². The van der Waals surface area contributed by atoms with Crippen LogP contribution in [0, 0.1) is 5.92 Å². The molecule has 3 nitrogen and oxygen atoms in total. The van der Waals surface area contributed by atoms with Gasteiger partial charge in [0.15, 0.2) is 0 Å². The fourth-order valence-corrected chi connectivity index (χ4v) is 2.03. The van der Waals surface area contributed by atoms with Crippen LogP contribution in [-0.2, 0) is 6.42 Å². The van der Waals surface area contributed by atoms with Crippen molar-refractivity contribution in [2.24, 2.45) is 5.92 Å². The highest BCUT2D eigenvalue weighted by Crippen LogP contribution is 2.17. The Hall–Kier alpha value is -1.09. The van der Waals surface area contributed by atoms with Crippen LogP contribution in [0.5, 0.6) is 5.88 Å². The van der Waals surface area contributed by atoms with Gasteiger partial charge in [0.25, 0.3) is 0 Å². The molecule has 0 unspecified atom stereocenters. The number of pyridine rings is 1. The number of hydrogen-bond donors (Lipinski definition) is 1. The van der Waals surface area contributed by atoms with Crippen molar-refractivity contribution in [1.82, 2.24) is 10.3 Å². The summed E-state index contributed by atoms with van der Waals surface area (Å²) in [5, 5.41) is 3.39. The van der Waals surface area contributed by atoms with Crippen LogP contribution in [-0.4, -0.2) is 24.7 Å². The highest BCUT2D eigenvalue weighted by Gasteiger charge is 2.14. The lowest BCUT2D eigenvalue weighted by molar-refractivity contribution is 0.326. The molecule has 3 heteroatoms. The van der Waals surface area contributed by atoms with Crippen LogP contribution in [0.2, 0.25) is 0 Å². The summed E-state index contributed by atoms with van der Waals surface area (Å²) in [6.45, 7) is 4.97. The van der Waals surface area contributed by atoms with Gasteiger partial charge in [0.05, 0.1) is 6.61 Å². The highest BCUT2D eigenvalue weighted by atomic mass is 16.5. The number of nitrogens with one attached hydrogen (secondary N) is 1. The van der Waals surface area contributed by atoms with E-state index in [-0.39, 0.29) is 0 Å². The molecule has 2 heterocycles. The lowest BCUT2D eigenvalue weighted by Gasteiger charge is -2.09. The topological polar surface area (TPSA) is 34.1 Å². The molecule has 0 spiro atoms. The van der Waals surface area contributed by atoms with E-state index in [0.717, 1.165) is 31.3 Å². The van der Waals surface area contributed by atoms with E-state index in [1.165, 1.54) is 12.0 Å². The molecule has 1 aliphatic rings. The van der Waals surface area contributed by atoms with Gasteiger partial charge in [-0.3, -0.25) is 0 Å². The van der Waals surface area contributed by atoms with Gasteiger partial charge < -0.3 is 10.1 Å². The van der Waals surface area contributed by atoms with Gasteiger partial charge in [-0.25, -0.2) is 4.98 Å². The van der Waals surface area contributed by atoms with E-state index in [1.807, 2.05) is 13.1 Å². The summed E-state index contributed by atoms with van der Waals surface area (Å²) < 4.78 is 5.38. The minimum Gasteiger partial charge on any atom is -0.478 e. The molecule has 82 valence electrons. The molecule has 0 radical (unpaired) electrons. The first-order valence-electron chi connectivity index (χ1n) is 5.67. The Kier molecular flexibility index (Phi) is 3.56. The first-order valence-corrected chi connectivity index (χ1v) is 5.67. The Morgan fingerprint density at radius 3 is 3.27 bits per heavy atom. The Morgan fingerprint density at radius 2 is 2.53 bits per heavy atom. The van der Waals surface area contributed by atoms with Gasteiger partial charge in [-0.15, -0.1) is 0 Å². The van der Waals surface area contributed by atoms with Crippen molar-refractivity contribution >= 4 is 0 Å². The molecule has 1 saturated heterocycles. The number of hydrogen-bond acceptors (Lipinski definition) is 3. The van der Waals surface area contributed by atoms with Crippen LogP contribution < -0.4 is 10.1 Å². The van der Waals surface area contributed by atoms with E-state index in [4.69, 9.17) is 4.74 Å². The molecule has 15 heavy (non-hydrogen) atoms. The van der Waals surface area contributed by atoms with Gasteiger partial charge in [-0.2, -0.15) is 0 Å². The largest absolute Gasteiger partial charge is 0.478 e. The van der Waals surface area contributed by atoms with Crippen molar-refractivity contribution in [2.75, 3.05) is 19.7 Å². The van der Waals surface area contributed by atoms with Gasteiger partial charge in [0.2, 0.25) is 5.88 Å². The Balaban J connectivity index is 1.97. The van der Waals surface area contributed by atoms with Crippen LogP contribution in [0.1, 0.15) is 18.9 Å². The molecule has 1 atom stereocenters. The molecular weight excluding hydrogens is 188 g/mol. The van der Waals surface area contributed by atoms with Crippen LogP contribution in [0.4, 0.5) is 0 Å². The first kappa shape index (κ1) is 10.4. The standard InChI is InChI=1S/C12H18N2O/c1-2-15-12-8-10(4-6-14-12)7-11-3-5-13-9-11/h4,6,8,11,13H,2-3,5,7,9H2,1H3/t11-/m1/s1. The fourth-order valence-electron chi connectivity index (χ4n) is 2.03. The minimum atomic E-state index is 0.682. The average Bonchev–Trinajstić information content (AvgIpc) is 2.71. The lowest BCUT2D eigenvalue weighted by atomic mass is 10.00. The van der Waals surface area contributed by atoms with E-state index in [1.54, 1.807) is 0 Å². The summed E-state index contributed by atoms with van der Waals surface area (Å²) in [6.07, 6.45) is 4.25. The van der Waals surface area contributed by atoms with Crippen molar-refractivity contribution in [3.63, 3.8) is 0 Å². The maximum absolute atomic E-state index is 5.38. The third-order valence-corrected chi connectivity index (χ3v) is 2.78. The quantitative estimate of drug-likeness (QED) is 0.813. The summed E-state index contributed by atoms with van der Waals surface area (Å²) in [4.78, 5) is 4.17. The number of aromatic nitrogens is 1. The van der Waals surface area contributed by atoms with Crippen molar-refractivity contribution in [3.05, 3.63) is 23.9 Å². The zero-order valence-corrected chi connectivity index (χ0v) is 9.20. The molecule has 2 rings (SSSR count). The smallest absolute Gasteiger partial charge is 0.213 e. The second-order valence-corrected chi connectivity index (χ2v) is 4.00. The first-order chi connectivity index (χ1) is 7.38. The second-order valence-electron chi connectivity index (χ2n) is 4.00. The van der Waals surface area contributed by atoms with Crippen LogP contribution in [0.3, 0.4) is 0 Å². The van der Waals surface area contributed by atoms with E-state index < -0.39 is 0 Å². The molecule has 0 saturated carbocycles. The predicted molar refractivity (Wildman–Crippen MR) is 60.1 cm³/mol. The van der Waals surface area contributed by atoms with Gasteiger partial charge in [0.1, 0.15) is 0 Å². The average molecular weight is 206 g/mol. The SMILES string of the molecule is CCOc1cc(C[C@H]2CCNC2)ccn1.